The van der Waals surface area contributed by atoms with E-state index in [-0.39, 0.29) is 48.4 Å². The fourth-order valence-electron chi connectivity index (χ4n) is 4.28. The number of carbonyl (C=O) groups is 3. The number of benzene rings is 1. The molecule has 3 N–H and O–H groups in total. The van der Waals surface area contributed by atoms with Gasteiger partial charge < -0.3 is 30.3 Å². The van der Waals surface area contributed by atoms with Gasteiger partial charge in [0.1, 0.15) is 11.8 Å². The van der Waals surface area contributed by atoms with Crippen molar-refractivity contribution in [2.24, 2.45) is 13.0 Å². The lowest BCUT2D eigenvalue weighted by molar-refractivity contribution is 0.0368. The average molecular weight is 515 g/mol. The molecular weight excluding hydrogens is 476 g/mol. The fourth-order valence-corrected chi connectivity index (χ4v) is 4.28. The van der Waals surface area contributed by atoms with Gasteiger partial charge in [0.25, 0.3) is 11.8 Å². The summed E-state index contributed by atoms with van der Waals surface area (Å²) in [4.78, 5) is 42.4. The van der Waals surface area contributed by atoms with E-state index < -0.39 is 18.1 Å². The van der Waals surface area contributed by atoms with Crippen molar-refractivity contribution in [1.82, 2.24) is 24.9 Å². The molecule has 0 radical (unpaired) electrons. The zero-order chi connectivity index (χ0) is 27.4. The van der Waals surface area contributed by atoms with Crippen LogP contribution in [0, 0.1) is 12.8 Å². The number of aliphatic hydroxyl groups is 1. The lowest BCUT2D eigenvalue weighted by atomic mass is 9.99. The van der Waals surface area contributed by atoms with Crippen LogP contribution in [0.4, 0.5) is 10.5 Å². The molecule has 1 aliphatic heterocycles. The highest BCUT2D eigenvalue weighted by molar-refractivity contribution is 6.06. The number of urea groups is 1. The van der Waals surface area contributed by atoms with E-state index in [9.17, 15) is 19.5 Å². The van der Waals surface area contributed by atoms with Crippen LogP contribution in [0.3, 0.4) is 0 Å². The highest BCUT2D eigenvalue weighted by Gasteiger charge is 2.35. The van der Waals surface area contributed by atoms with Crippen molar-refractivity contribution in [2.45, 2.75) is 52.8 Å². The molecule has 37 heavy (non-hydrogen) atoms. The van der Waals surface area contributed by atoms with E-state index in [0.717, 1.165) is 0 Å². The Hall–Kier alpha value is -3.60. The molecule has 0 unspecified atom stereocenters. The Morgan fingerprint density at radius 1 is 1.30 bits per heavy atom. The molecular formula is C26H38N6O5. The monoisotopic (exact) mass is 514 g/mol. The van der Waals surface area contributed by atoms with Gasteiger partial charge in [-0.2, -0.15) is 5.10 Å². The van der Waals surface area contributed by atoms with Gasteiger partial charge in [-0.25, -0.2) is 4.79 Å². The topological polar surface area (TPSA) is 129 Å². The molecule has 0 aliphatic carbocycles. The first-order valence-electron chi connectivity index (χ1n) is 12.5. The Bertz CT molecular complexity index is 1150. The van der Waals surface area contributed by atoms with Crippen LogP contribution in [0.2, 0.25) is 0 Å². The molecule has 0 saturated carbocycles. The number of carbonyl (C=O) groups excluding carboxylic acids is 3. The average Bonchev–Trinajstić information content (AvgIpc) is 3.18. The van der Waals surface area contributed by atoms with Crippen LogP contribution in [0.5, 0.6) is 5.75 Å². The van der Waals surface area contributed by atoms with Crippen molar-refractivity contribution >= 4 is 23.5 Å². The van der Waals surface area contributed by atoms with Crippen LogP contribution < -0.4 is 15.4 Å². The third-order valence-electron chi connectivity index (χ3n) is 6.39. The minimum Gasteiger partial charge on any atom is -0.485 e. The normalized spacial score (nSPS) is 18.4. The van der Waals surface area contributed by atoms with Gasteiger partial charge in [-0.05, 0) is 45.9 Å². The van der Waals surface area contributed by atoms with Gasteiger partial charge >= 0.3 is 6.03 Å². The maximum atomic E-state index is 13.6. The Morgan fingerprint density at radius 2 is 2.00 bits per heavy atom. The standard InChI is InChI=1S/C26H38N6O5/c1-15(2)27-26(36)30(6)13-22-16(3)12-32(18(5)14-33)25(35)19-9-8-10-20(23(19)37-22)28-24(34)21-11-17(4)29-31(21)7/h8-11,15-16,18,22,33H,12-14H2,1-7H3,(H,27,36)(H,28,34)/t16-,18+,22+/m0/s1. The molecule has 0 saturated heterocycles. The number of hydrogen-bond acceptors (Lipinski definition) is 6. The van der Waals surface area contributed by atoms with Crippen LogP contribution in [0.25, 0.3) is 0 Å². The summed E-state index contributed by atoms with van der Waals surface area (Å²) in [7, 11) is 3.37. The van der Waals surface area contributed by atoms with Gasteiger partial charge in [0.15, 0.2) is 5.75 Å². The lowest BCUT2D eigenvalue weighted by Gasteiger charge is -2.38. The second-order valence-corrected chi connectivity index (χ2v) is 10.0. The van der Waals surface area contributed by atoms with Crippen molar-refractivity contribution in [3.8, 4) is 5.75 Å². The summed E-state index contributed by atoms with van der Waals surface area (Å²) in [5.41, 5.74) is 1.66. The molecule has 0 bridgehead atoms. The lowest BCUT2D eigenvalue weighted by Crippen LogP contribution is -2.51. The van der Waals surface area contributed by atoms with Crippen LogP contribution in [-0.4, -0.2) is 87.5 Å². The summed E-state index contributed by atoms with van der Waals surface area (Å²) in [5.74, 6) is -0.665. The largest absolute Gasteiger partial charge is 0.485 e. The number of amides is 4. The molecule has 4 amide bonds. The van der Waals surface area contributed by atoms with Gasteiger partial charge in [0.2, 0.25) is 0 Å². The zero-order valence-corrected chi connectivity index (χ0v) is 22.6. The van der Waals surface area contributed by atoms with E-state index >= 15 is 0 Å². The van der Waals surface area contributed by atoms with Crippen molar-refractivity contribution in [1.29, 1.82) is 0 Å². The SMILES string of the molecule is Cc1cc(C(=O)Nc2cccc3c2O[C@H](CN(C)C(=O)NC(C)C)[C@@H](C)CN([C@H](C)CO)C3=O)n(C)n1. The Kier molecular flexibility index (Phi) is 8.80. The van der Waals surface area contributed by atoms with E-state index in [0.29, 0.717) is 23.6 Å². The first-order chi connectivity index (χ1) is 17.4. The van der Waals surface area contributed by atoms with E-state index in [4.69, 9.17) is 4.74 Å². The van der Waals surface area contributed by atoms with Crippen molar-refractivity contribution in [3.63, 3.8) is 0 Å². The van der Waals surface area contributed by atoms with Gasteiger partial charge in [-0.3, -0.25) is 14.3 Å². The molecule has 0 spiro atoms. The number of aliphatic hydroxyl groups excluding tert-OH is 1. The highest BCUT2D eigenvalue weighted by atomic mass is 16.5. The summed E-state index contributed by atoms with van der Waals surface area (Å²) in [6.07, 6.45) is -0.500. The number of likely N-dealkylation sites (N-methyl/N-ethyl adjacent to an activating group) is 1. The predicted molar refractivity (Wildman–Crippen MR) is 140 cm³/mol. The molecule has 3 atom stereocenters. The minimum absolute atomic E-state index is 0.0256. The van der Waals surface area contributed by atoms with Crippen molar-refractivity contribution < 1.29 is 24.2 Å². The number of fused-ring (bicyclic) bond motifs is 1. The number of hydrogen-bond donors (Lipinski definition) is 3. The number of ether oxygens (including phenoxy) is 1. The Labute approximate surface area is 217 Å². The molecule has 3 rings (SSSR count). The summed E-state index contributed by atoms with van der Waals surface area (Å²) in [6, 6.07) is 5.96. The summed E-state index contributed by atoms with van der Waals surface area (Å²) in [5, 5.41) is 19.8. The first-order valence-corrected chi connectivity index (χ1v) is 12.5. The smallest absolute Gasteiger partial charge is 0.317 e. The third-order valence-corrected chi connectivity index (χ3v) is 6.39. The second-order valence-electron chi connectivity index (χ2n) is 10.0. The summed E-state index contributed by atoms with van der Waals surface area (Å²) >= 11 is 0. The van der Waals surface area contributed by atoms with Crippen LogP contribution in [0.1, 0.15) is 54.2 Å². The second kappa shape index (κ2) is 11.6. The fraction of sp³-hybridized carbons (Fsp3) is 0.538. The number of aromatic nitrogens is 2. The zero-order valence-electron chi connectivity index (χ0n) is 22.6. The summed E-state index contributed by atoms with van der Waals surface area (Å²) in [6.45, 7) is 9.66. The summed E-state index contributed by atoms with van der Waals surface area (Å²) < 4.78 is 7.93. The molecule has 1 aliphatic rings. The Balaban J connectivity index is 2.02. The number of nitrogens with one attached hydrogen (secondary N) is 2. The predicted octanol–water partition coefficient (Wildman–Crippen LogP) is 2.25. The van der Waals surface area contributed by atoms with Gasteiger partial charge in [0, 0.05) is 32.6 Å². The molecule has 11 nitrogen and oxygen atoms in total. The van der Waals surface area contributed by atoms with Crippen molar-refractivity contribution in [3.05, 3.63) is 41.2 Å². The van der Waals surface area contributed by atoms with Gasteiger partial charge in [-0.15, -0.1) is 0 Å². The highest BCUT2D eigenvalue weighted by Crippen LogP contribution is 2.35. The number of para-hydroxylation sites is 1. The van der Waals surface area contributed by atoms with Crippen LogP contribution >= 0.6 is 0 Å². The number of aryl methyl sites for hydroxylation is 2. The molecule has 2 heterocycles. The third kappa shape index (κ3) is 6.40. The molecule has 2 aromatic rings. The van der Waals surface area contributed by atoms with E-state index in [1.54, 1.807) is 62.0 Å². The molecule has 1 aromatic heterocycles. The van der Waals surface area contributed by atoms with E-state index in [1.807, 2.05) is 20.8 Å². The van der Waals surface area contributed by atoms with E-state index in [1.165, 1.54) is 4.68 Å². The van der Waals surface area contributed by atoms with Crippen LogP contribution in [-0.2, 0) is 7.05 Å². The number of nitrogens with zero attached hydrogens (tertiary/aromatic N) is 4. The maximum Gasteiger partial charge on any atom is 0.317 e. The Morgan fingerprint density at radius 3 is 2.59 bits per heavy atom. The molecule has 1 aromatic carbocycles. The molecule has 0 fully saturated rings. The van der Waals surface area contributed by atoms with Crippen LogP contribution in [0.15, 0.2) is 24.3 Å². The first kappa shape index (κ1) is 28.0. The minimum atomic E-state index is -0.500. The quantitative estimate of drug-likeness (QED) is 0.520. The van der Waals surface area contributed by atoms with Gasteiger partial charge in [-0.1, -0.05) is 13.0 Å². The van der Waals surface area contributed by atoms with Crippen molar-refractivity contribution in [2.75, 3.05) is 32.1 Å². The number of anilines is 1. The maximum absolute atomic E-state index is 13.6. The van der Waals surface area contributed by atoms with E-state index in [2.05, 4.69) is 15.7 Å². The van der Waals surface area contributed by atoms with Gasteiger partial charge in [0.05, 0.1) is 36.1 Å². The molecule has 11 heteroatoms. The number of rotatable bonds is 7. The molecule has 202 valence electrons.